The Hall–Kier alpha value is -2.81. The topological polar surface area (TPSA) is 108 Å². The summed E-state index contributed by atoms with van der Waals surface area (Å²) in [6.07, 6.45) is 2.53. The molecule has 4 heterocycles. The Morgan fingerprint density at radius 3 is 2.60 bits per heavy atom. The van der Waals surface area contributed by atoms with Gasteiger partial charge in [0.15, 0.2) is 0 Å². The van der Waals surface area contributed by atoms with E-state index in [4.69, 9.17) is 23.5 Å². The number of hydrogen-bond donors (Lipinski definition) is 0. The van der Waals surface area contributed by atoms with E-state index in [1.54, 1.807) is 15.6 Å². The third-order valence-corrected chi connectivity index (χ3v) is 6.47. The van der Waals surface area contributed by atoms with Crippen molar-refractivity contribution in [2.75, 3.05) is 26.3 Å². The number of aromatic nitrogens is 2. The van der Waals surface area contributed by atoms with Gasteiger partial charge in [0, 0.05) is 12.0 Å². The van der Waals surface area contributed by atoms with E-state index in [1.165, 1.54) is 6.20 Å². The van der Waals surface area contributed by atoms with Gasteiger partial charge in [-0.25, -0.2) is 9.31 Å². The number of amides is 1. The lowest BCUT2D eigenvalue weighted by Crippen LogP contribution is -2.49. The van der Waals surface area contributed by atoms with E-state index in [1.807, 2.05) is 54.5 Å². The van der Waals surface area contributed by atoms with Crippen LogP contribution in [0.1, 0.15) is 54.0 Å². The van der Waals surface area contributed by atoms with Crippen LogP contribution in [-0.4, -0.2) is 76.9 Å². The average molecular weight is 484 g/mol. The first-order chi connectivity index (χ1) is 16.3. The summed E-state index contributed by atoms with van der Waals surface area (Å²) in [6.45, 7) is 14.9. The maximum absolute atomic E-state index is 12.4. The van der Waals surface area contributed by atoms with E-state index in [0.717, 1.165) is 0 Å². The molecule has 2 aliphatic heterocycles. The number of rotatable bonds is 4. The largest absolute Gasteiger partial charge is 0.497 e. The van der Waals surface area contributed by atoms with Gasteiger partial charge in [-0.1, -0.05) is 0 Å². The zero-order valence-electron chi connectivity index (χ0n) is 21.5. The van der Waals surface area contributed by atoms with Gasteiger partial charge >= 0.3 is 13.2 Å². The molecule has 2 fully saturated rings. The summed E-state index contributed by atoms with van der Waals surface area (Å²) in [5.74, 6) is 0.521. The van der Waals surface area contributed by atoms with Crippen LogP contribution in [0.5, 0.6) is 5.75 Å². The third-order valence-electron chi connectivity index (χ3n) is 6.47. The molecular formula is C24H33BN4O6. The first-order valence-electron chi connectivity index (χ1n) is 11.8. The highest BCUT2D eigenvalue weighted by molar-refractivity contribution is 6.64. The van der Waals surface area contributed by atoms with E-state index in [0.29, 0.717) is 42.0 Å². The molecule has 11 heteroatoms. The normalized spacial score (nSPS) is 21.7. The van der Waals surface area contributed by atoms with E-state index >= 15 is 0 Å². The molecule has 0 radical (unpaired) electrons. The fourth-order valence-electron chi connectivity index (χ4n) is 3.94. The summed E-state index contributed by atoms with van der Waals surface area (Å²) in [7, 11) is -0.691. The van der Waals surface area contributed by atoms with Gasteiger partial charge in [0.1, 0.15) is 30.1 Å². The van der Waals surface area contributed by atoms with Gasteiger partial charge < -0.3 is 28.4 Å². The molecule has 0 bridgehead atoms. The minimum absolute atomic E-state index is 0.222. The van der Waals surface area contributed by atoms with E-state index < -0.39 is 23.9 Å². The number of fused-ring (bicyclic) bond motifs is 1. The van der Waals surface area contributed by atoms with Gasteiger partial charge in [-0.15, -0.1) is 0 Å². The second-order valence-corrected chi connectivity index (χ2v) is 10.9. The molecule has 188 valence electrons. The van der Waals surface area contributed by atoms with Crippen molar-refractivity contribution in [1.82, 2.24) is 14.5 Å². The molecule has 4 rings (SSSR count). The SMILES string of the molecule is CC(C)(C)OC(=O)N1CCO[C@@H](COc2cc(B3OC(C)(C)C(C)(C)O3)c3c(C#N)cnn3c2)C1. The Bertz CT molecular complexity index is 1130. The second kappa shape index (κ2) is 9.01. The fraction of sp³-hybridized carbons (Fsp3) is 0.625. The third kappa shape index (κ3) is 5.25. The van der Waals surface area contributed by atoms with Gasteiger partial charge in [-0.2, -0.15) is 10.4 Å². The molecule has 2 aromatic rings. The molecule has 35 heavy (non-hydrogen) atoms. The smallest absolute Gasteiger partial charge is 0.489 e. The first-order valence-corrected chi connectivity index (χ1v) is 11.8. The van der Waals surface area contributed by atoms with E-state index in [2.05, 4.69) is 11.2 Å². The van der Waals surface area contributed by atoms with Crippen molar-refractivity contribution in [1.29, 1.82) is 5.26 Å². The molecule has 2 aromatic heterocycles. The summed E-state index contributed by atoms with van der Waals surface area (Å²) < 4.78 is 31.5. The number of hydrogen-bond acceptors (Lipinski definition) is 8. The van der Waals surface area contributed by atoms with Gasteiger partial charge in [0.05, 0.1) is 47.8 Å². The van der Waals surface area contributed by atoms with Crippen molar-refractivity contribution >= 4 is 24.2 Å². The molecule has 0 spiro atoms. The molecular weight excluding hydrogens is 451 g/mol. The van der Waals surface area contributed by atoms with Crippen LogP contribution in [-0.2, 0) is 18.8 Å². The zero-order valence-corrected chi connectivity index (χ0v) is 21.5. The summed E-state index contributed by atoms with van der Waals surface area (Å²) >= 11 is 0. The number of ether oxygens (including phenoxy) is 3. The highest BCUT2D eigenvalue weighted by Gasteiger charge is 2.52. The highest BCUT2D eigenvalue weighted by Crippen LogP contribution is 2.37. The fourth-order valence-corrected chi connectivity index (χ4v) is 3.94. The molecule has 1 amide bonds. The van der Waals surface area contributed by atoms with Crippen molar-refractivity contribution in [3.05, 3.63) is 24.0 Å². The molecule has 0 unspecified atom stereocenters. The molecule has 0 saturated carbocycles. The Morgan fingerprint density at radius 1 is 1.29 bits per heavy atom. The summed E-state index contributed by atoms with van der Waals surface area (Å²) in [5.41, 5.74) is 0.0503. The Kier molecular flexibility index (Phi) is 6.51. The number of carbonyl (C=O) groups excluding carboxylic acids is 1. The maximum atomic E-state index is 12.4. The zero-order chi connectivity index (χ0) is 25.6. The van der Waals surface area contributed by atoms with Crippen LogP contribution < -0.4 is 10.2 Å². The molecule has 0 aromatic carbocycles. The van der Waals surface area contributed by atoms with Crippen LogP contribution in [0.15, 0.2) is 18.5 Å². The lowest BCUT2D eigenvalue weighted by atomic mass is 9.78. The van der Waals surface area contributed by atoms with Crippen LogP contribution in [0, 0.1) is 11.3 Å². The van der Waals surface area contributed by atoms with E-state index in [-0.39, 0.29) is 18.8 Å². The van der Waals surface area contributed by atoms with Crippen molar-refractivity contribution in [2.45, 2.75) is 71.4 Å². The molecule has 0 N–H and O–H groups in total. The number of nitriles is 1. The van der Waals surface area contributed by atoms with Crippen molar-refractivity contribution in [3.63, 3.8) is 0 Å². The van der Waals surface area contributed by atoms with Crippen LogP contribution >= 0.6 is 0 Å². The Morgan fingerprint density at radius 2 is 1.97 bits per heavy atom. The number of carbonyl (C=O) groups is 1. The summed E-state index contributed by atoms with van der Waals surface area (Å²) in [6, 6.07) is 4.00. The Balaban J connectivity index is 1.53. The minimum atomic E-state index is -0.691. The van der Waals surface area contributed by atoms with Crippen molar-refractivity contribution in [3.8, 4) is 11.8 Å². The highest BCUT2D eigenvalue weighted by atomic mass is 16.7. The van der Waals surface area contributed by atoms with Crippen LogP contribution in [0.2, 0.25) is 0 Å². The van der Waals surface area contributed by atoms with Gasteiger partial charge in [0.25, 0.3) is 0 Å². The monoisotopic (exact) mass is 484 g/mol. The van der Waals surface area contributed by atoms with E-state index in [9.17, 15) is 10.1 Å². The lowest BCUT2D eigenvalue weighted by Gasteiger charge is -2.34. The molecule has 2 aliphatic rings. The Labute approximate surface area is 206 Å². The molecule has 10 nitrogen and oxygen atoms in total. The average Bonchev–Trinajstić information content (AvgIpc) is 3.27. The second-order valence-electron chi connectivity index (χ2n) is 10.9. The summed E-state index contributed by atoms with van der Waals surface area (Å²) in [5, 5.41) is 13.9. The van der Waals surface area contributed by atoms with Crippen molar-refractivity contribution < 1.29 is 28.3 Å². The number of nitrogens with zero attached hydrogens (tertiary/aromatic N) is 4. The predicted molar refractivity (Wildman–Crippen MR) is 129 cm³/mol. The molecule has 1 atom stereocenters. The quantitative estimate of drug-likeness (QED) is 0.610. The number of pyridine rings is 1. The van der Waals surface area contributed by atoms with Gasteiger partial charge in [0.2, 0.25) is 0 Å². The van der Waals surface area contributed by atoms with Crippen LogP contribution in [0.3, 0.4) is 0 Å². The van der Waals surface area contributed by atoms with Crippen LogP contribution in [0.25, 0.3) is 5.52 Å². The first kappa shape index (κ1) is 25.3. The van der Waals surface area contributed by atoms with Crippen molar-refractivity contribution in [2.24, 2.45) is 0 Å². The van der Waals surface area contributed by atoms with Crippen LogP contribution in [0.4, 0.5) is 4.79 Å². The van der Waals surface area contributed by atoms with Gasteiger partial charge in [-0.05, 0) is 54.5 Å². The lowest BCUT2D eigenvalue weighted by molar-refractivity contribution is -0.0557. The standard InChI is InChI=1S/C24H33BN4O6/c1-22(2,3)33-21(30)28-8-9-31-18(13-28)15-32-17-10-19(20-16(11-26)12-27-29(20)14-17)25-34-23(4,5)24(6,7)35-25/h10,12,14,18H,8-9,13,15H2,1-7H3/t18-/m1/s1. The summed E-state index contributed by atoms with van der Waals surface area (Å²) in [4.78, 5) is 14.1. The minimum Gasteiger partial charge on any atom is -0.489 e. The molecule has 0 aliphatic carbocycles. The molecule has 2 saturated heterocycles. The number of morpholine rings is 1. The predicted octanol–water partition coefficient (Wildman–Crippen LogP) is 2.52. The van der Waals surface area contributed by atoms with Gasteiger partial charge in [-0.3, -0.25) is 0 Å². The maximum Gasteiger partial charge on any atom is 0.497 e.